The Bertz CT molecular complexity index is 1010. The second kappa shape index (κ2) is 7.21. The monoisotopic (exact) mass is 405 g/mol. The number of hydrogen-bond donors (Lipinski definition) is 1. The van der Waals surface area contributed by atoms with Gasteiger partial charge in [-0.05, 0) is 31.4 Å². The molecule has 148 valence electrons. The van der Waals surface area contributed by atoms with Crippen molar-refractivity contribution in [1.29, 1.82) is 0 Å². The number of thiazole rings is 1. The third-order valence-electron chi connectivity index (χ3n) is 5.18. The van der Waals surface area contributed by atoms with E-state index in [4.69, 9.17) is 5.84 Å². The van der Waals surface area contributed by atoms with E-state index in [1.54, 1.807) is 10.7 Å². The van der Waals surface area contributed by atoms with Crippen LogP contribution >= 0.6 is 11.3 Å². The first-order valence-electron chi connectivity index (χ1n) is 9.31. The predicted octanol–water partition coefficient (Wildman–Crippen LogP) is 3.91. The van der Waals surface area contributed by atoms with Gasteiger partial charge in [0.2, 0.25) is 0 Å². The molecule has 4 rings (SSSR count). The Balaban J connectivity index is 1.69. The average molecular weight is 405 g/mol. The molecule has 3 aromatic rings. The highest BCUT2D eigenvalue weighted by atomic mass is 32.1. The van der Waals surface area contributed by atoms with Gasteiger partial charge in [0.25, 0.3) is 11.8 Å². The fourth-order valence-corrected chi connectivity index (χ4v) is 4.64. The van der Waals surface area contributed by atoms with Crippen molar-refractivity contribution in [1.82, 2.24) is 19.6 Å². The van der Waals surface area contributed by atoms with Crippen molar-refractivity contribution >= 4 is 22.8 Å². The number of carbonyl (C=O) groups excluding carboxylic acids is 1. The van der Waals surface area contributed by atoms with Crippen molar-refractivity contribution in [3.63, 3.8) is 0 Å². The van der Waals surface area contributed by atoms with Gasteiger partial charge in [0.05, 0.1) is 17.4 Å². The normalized spacial score (nSPS) is 19.1. The highest BCUT2D eigenvalue weighted by molar-refractivity contribution is 7.14. The molecule has 0 spiro atoms. The molecular weight excluding hydrogens is 384 g/mol. The van der Waals surface area contributed by atoms with E-state index in [1.807, 2.05) is 31.3 Å². The van der Waals surface area contributed by atoms with Crippen LogP contribution < -0.4 is 5.84 Å². The molecule has 1 amide bonds. The van der Waals surface area contributed by atoms with Crippen LogP contribution in [0.15, 0.2) is 30.6 Å². The number of rotatable bonds is 4. The maximum atomic E-state index is 14.2. The lowest BCUT2D eigenvalue weighted by atomic mass is 9.91. The zero-order valence-corrected chi connectivity index (χ0v) is 16.3. The minimum atomic E-state index is -2.97. The number of alkyl halides is 2. The van der Waals surface area contributed by atoms with E-state index < -0.39 is 17.9 Å². The van der Waals surface area contributed by atoms with Crippen LogP contribution in [-0.2, 0) is 6.42 Å². The number of hydrogen-bond acceptors (Lipinski definition) is 5. The van der Waals surface area contributed by atoms with Crippen molar-refractivity contribution in [2.45, 2.75) is 51.0 Å². The number of hydrazine groups is 1. The van der Waals surface area contributed by atoms with Crippen molar-refractivity contribution in [3.8, 4) is 11.3 Å². The minimum absolute atomic E-state index is 0.131. The van der Waals surface area contributed by atoms with E-state index in [9.17, 15) is 13.6 Å². The van der Waals surface area contributed by atoms with E-state index in [0.717, 1.165) is 16.0 Å². The molecule has 3 heterocycles. The summed E-state index contributed by atoms with van der Waals surface area (Å²) in [5, 5.41) is 5.14. The first kappa shape index (κ1) is 18.9. The maximum Gasteiger partial charge on any atom is 0.297 e. The molecule has 2 N–H and O–H groups in total. The Morgan fingerprint density at radius 2 is 2.25 bits per heavy atom. The Labute approximate surface area is 164 Å². The van der Waals surface area contributed by atoms with Crippen LogP contribution in [0.4, 0.5) is 8.78 Å². The highest BCUT2D eigenvalue weighted by Gasteiger charge is 2.46. The van der Waals surface area contributed by atoms with Crippen LogP contribution in [0.5, 0.6) is 0 Å². The number of carbonyl (C=O) groups is 1. The van der Waals surface area contributed by atoms with Crippen LogP contribution in [0.2, 0.25) is 0 Å². The standard InChI is InChI=1S/C19H21F2N5OS/c1-2-14-16(12-11-23-25-10-6-4-7-13(12)25)24-17(28-14)18(27)26(22)15-8-3-5-9-19(15,20)21/h4,6-7,10-11,15H,2-3,5,8-9,22H2,1H3/t15-/m1/s1. The van der Waals surface area contributed by atoms with Gasteiger partial charge in [0.15, 0.2) is 5.01 Å². The topological polar surface area (TPSA) is 76.5 Å². The summed E-state index contributed by atoms with van der Waals surface area (Å²) in [7, 11) is 0. The first-order chi connectivity index (χ1) is 13.4. The molecule has 9 heteroatoms. The number of nitrogens with two attached hydrogens (primary N) is 1. The summed E-state index contributed by atoms with van der Waals surface area (Å²) in [4.78, 5) is 18.2. The molecule has 0 aliphatic heterocycles. The molecule has 1 aliphatic rings. The lowest BCUT2D eigenvalue weighted by Crippen LogP contribution is -2.55. The van der Waals surface area contributed by atoms with Crippen LogP contribution in [0, 0.1) is 0 Å². The molecule has 1 fully saturated rings. The molecule has 1 atom stereocenters. The summed E-state index contributed by atoms with van der Waals surface area (Å²) in [6, 6.07) is 4.40. The predicted molar refractivity (Wildman–Crippen MR) is 103 cm³/mol. The van der Waals surface area contributed by atoms with Gasteiger partial charge in [-0.25, -0.2) is 24.1 Å². The zero-order chi connectivity index (χ0) is 19.9. The van der Waals surface area contributed by atoms with Gasteiger partial charge in [-0.15, -0.1) is 11.3 Å². The molecule has 0 saturated heterocycles. The second-order valence-corrected chi connectivity index (χ2v) is 8.05. The molecule has 1 aliphatic carbocycles. The zero-order valence-electron chi connectivity index (χ0n) is 15.4. The summed E-state index contributed by atoms with van der Waals surface area (Å²) in [6.07, 6.45) is 5.22. The minimum Gasteiger partial charge on any atom is -0.265 e. The van der Waals surface area contributed by atoms with Gasteiger partial charge in [-0.2, -0.15) is 5.10 Å². The van der Waals surface area contributed by atoms with Gasteiger partial charge < -0.3 is 0 Å². The lowest BCUT2D eigenvalue weighted by molar-refractivity contribution is -0.0971. The van der Waals surface area contributed by atoms with Gasteiger partial charge in [-0.3, -0.25) is 9.80 Å². The van der Waals surface area contributed by atoms with Crippen molar-refractivity contribution < 1.29 is 13.6 Å². The van der Waals surface area contributed by atoms with E-state index >= 15 is 0 Å². The molecule has 0 aromatic carbocycles. The van der Waals surface area contributed by atoms with E-state index in [1.165, 1.54) is 11.3 Å². The maximum absolute atomic E-state index is 14.2. The summed E-state index contributed by atoms with van der Waals surface area (Å²) < 4.78 is 30.2. The Morgan fingerprint density at radius 3 is 3.00 bits per heavy atom. The highest BCUT2D eigenvalue weighted by Crippen LogP contribution is 2.37. The molecule has 6 nitrogen and oxygen atoms in total. The number of nitrogens with zero attached hydrogens (tertiary/aromatic N) is 4. The number of aromatic nitrogens is 3. The number of amides is 1. The van der Waals surface area contributed by atoms with Crippen molar-refractivity contribution in [3.05, 3.63) is 40.5 Å². The SMILES string of the molecule is CCc1sc(C(=O)N(N)[C@@H]2CCCCC2(F)F)nc1-c1cnn2ccccc12. The summed E-state index contributed by atoms with van der Waals surface area (Å²) in [6.45, 7) is 1.96. The number of halogens is 2. The van der Waals surface area contributed by atoms with Gasteiger partial charge in [-0.1, -0.05) is 19.4 Å². The van der Waals surface area contributed by atoms with Crippen molar-refractivity contribution in [2.75, 3.05) is 0 Å². The summed E-state index contributed by atoms with van der Waals surface area (Å²) in [5.41, 5.74) is 2.32. The second-order valence-electron chi connectivity index (χ2n) is 6.97. The molecule has 0 bridgehead atoms. The van der Waals surface area contributed by atoms with Crippen LogP contribution in [-0.4, -0.2) is 37.5 Å². The summed E-state index contributed by atoms with van der Waals surface area (Å²) >= 11 is 1.20. The van der Waals surface area contributed by atoms with Crippen LogP contribution in [0.3, 0.4) is 0 Å². The van der Waals surface area contributed by atoms with Gasteiger partial charge >= 0.3 is 0 Å². The number of aryl methyl sites for hydroxylation is 1. The molecule has 28 heavy (non-hydrogen) atoms. The van der Waals surface area contributed by atoms with E-state index in [0.29, 0.717) is 30.0 Å². The molecule has 1 saturated carbocycles. The largest absolute Gasteiger partial charge is 0.297 e. The number of pyridine rings is 1. The fraction of sp³-hybridized carbons (Fsp3) is 0.421. The fourth-order valence-electron chi connectivity index (χ4n) is 3.68. The number of fused-ring (bicyclic) bond motifs is 1. The Morgan fingerprint density at radius 1 is 1.43 bits per heavy atom. The van der Waals surface area contributed by atoms with E-state index in [-0.39, 0.29) is 17.8 Å². The smallest absolute Gasteiger partial charge is 0.265 e. The average Bonchev–Trinajstić information content (AvgIpc) is 3.30. The van der Waals surface area contributed by atoms with E-state index in [2.05, 4.69) is 10.1 Å². The van der Waals surface area contributed by atoms with Crippen LogP contribution in [0.25, 0.3) is 16.8 Å². The third-order valence-corrected chi connectivity index (χ3v) is 6.37. The Kier molecular flexibility index (Phi) is 4.88. The molecule has 3 aromatic heterocycles. The molecule has 0 unspecified atom stereocenters. The quantitative estimate of drug-likeness (QED) is 0.406. The Hall–Kier alpha value is -2.39. The first-order valence-corrected chi connectivity index (χ1v) is 10.1. The lowest BCUT2D eigenvalue weighted by Gasteiger charge is -2.36. The van der Waals surface area contributed by atoms with Crippen molar-refractivity contribution in [2.24, 2.45) is 5.84 Å². The molecule has 0 radical (unpaired) electrons. The third kappa shape index (κ3) is 3.18. The van der Waals surface area contributed by atoms with Crippen LogP contribution in [0.1, 0.15) is 47.3 Å². The summed E-state index contributed by atoms with van der Waals surface area (Å²) in [5.74, 6) is 2.23. The molecular formula is C19H21F2N5OS. The van der Waals surface area contributed by atoms with Gasteiger partial charge in [0.1, 0.15) is 6.04 Å². The van der Waals surface area contributed by atoms with Gasteiger partial charge in [0, 0.05) is 23.1 Å².